The number of carbonyl (C=O) groups is 1. The maximum atomic E-state index is 12.1. The summed E-state index contributed by atoms with van der Waals surface area (Å²) in [6.45, 7) is 0.500. The molecule has 1 amide bonds. The summed E-state index contributed by atoms with van der Waals surface area (Å²) >= 11 is 3.27. The van der Waals surface area contributed by atoms with Crippen LogP contribution in [0.1, 0.15) is 15.9 Å². The summed E-state index contributed by atoms with van der Waals surface area (Å²) in [6.07, 6.45) is 1.61. The number of fused-ring (bicyclic) bond motifs is 1. The van der Waals surface area contributed by atoms with E-state index in [2.05, 4.69) is 44.4 Å². The van der Waals surface area contributed by atoms with Crippen molar-refractivity contribution in [3.05, 3.63) is 76.5 Å². The Kier molecular flexibility index (Phi) is 3.97. The van der Waals surface area contributed by atoms with Gasteiger partial charge in [0, 0.05) is 18.3 Å². The zero-order chi connectivity index (χ0) is 14.7. The van der Waals surface area contributed by atoms with Gasteiger partial charge in [-0.3, -0.25) is 4.79 Å². The number of carbonyl (C=O) groups excluding carboxylic acids is 1. The summed E-state index contributed by atoms with van der Waals surface area (Å²) in [6, 6.07) is 17.7. The number of rotatable bonds is 3. The van der Waals surface area contributed by atoms with Crippen LogP contribution in [0.25, 0.3) is 10.8 Å². The SMILES string of the molecule is O=C(NCc1cccc2ccccc12)c1ccnc(Br)c1. The van der Waals surface area contributed by atoms with Crippen molar-refractivity contribution in [1.82, 2.24) is 10.3 Å². The maximum Gasteiger partial charge on any atom is 0.251 e. The van der Waals surface area contributed by atoms with Gasteiger partial charge in [0.1, 0.15) is 4.60 Å². The van der Waals surface area contributed by atoms with Gasteiger partial charge < -0.3 is 5.32 Å². The number of aromatic nitrogens is 1. The molecule has 0 aliphatic heterocycles. The highest BCUT2D eigenvalue weighted by atomic mass is 79.9. The van der Waals surface area contributed by atoms with Crippen LogP contribution in [0.15, 0.2) is 65.4 Å². The largest absolute Gasteiger partial charge is 0.348 e. The summed E-state index contributed by atoms with van der Waals surface area (Å²) in [4.78, 5) is 16.2. The van der Waals surface area contributed by atoms with Crippen LogP contribution in [-0.2, 0) is 6.54 Å². The molecular weight excluding hydrogens is 328 g/mol. The number of hydrogen-bond acceptors (Lipinski definition) is 2. The van der Waals surface area contributed by atoms with Crippen molar-refractivity contribution in [3.8, 4) is 0 Å². The number of hydrogen-bond donors (Lipinski definition) is 1. The van der Waals surface area contributed by atoms with Gasteiger partial charge in [-0.25, -0.2) is 4.98 Å². The number of nitrogens with zero attached hydrogens (tertiary/aromatic N) is 1. The van der Waals surface area contributed by atoms with Crippen LogP contribution in [0.3, 0.4) is 0 Å². The van der Waals surface area contributed by atoms with E-state index in [9.17, 15) is 4.79 Å². The second-order valence-corrected chi connectivity index (χ2v) is 5.50. The van der Waals surface area contributed by atoms with Gasteiger partial charge in [-0.05, 0) is 44.4 Å². The van der Waals surface area contributed by atoms with E-state index < -0.39 is 0 Å². The van der Waals surface area contributed by atoms with E-state index in [0.29, 0.717) is 16.7 Å². The van der Waals surface area contributed by atoms with Crippen molar-refractivity contribution in [1.29, 1.82) is 0 Å². The summed E-state index contributed by atoms with van der Waals surface area (Å²) in [5.41, 5.74) is 1.70. The van der Waals surface area contributed by atoms with Crippen molar-refractivity contribution in [2.45, 2.75) is 6.54 Å². The van der Waals surface area contributed by atoms with E-state index in [-0.39, 0.29) is 5.91 Å². The monoisotopic (exact) mass is 340 g/mol. The van der Waals surface area contributed by atoms with E-state index >= 15 is 0 Å². The molecule has 1 N–H and O–H groups in total. The van der Waals surface area contributed by atoms with Crippen molar-refractivity contribution in [2.24, 2.45) is 0 Å². The average Bonchev–Trinajstić information content (AvgIpc) is 2.52. The summed E-state index contributed by atoms with van der Waals surface area (Å²) in [7, 11) is 0. The molecule has 0 bridgehead atoms. The molecule has 0 atom stereocenters. The Bertz CT molecular complexity index is 796. The Morgan fingerprint density at radius 3 is 2.76 bits per heavy atom. The Labute approximate surface area is 131 Å². The molecule has 0 saturated heterocycles. The lowest BCUT2D eigenvalue weighted by Crippen LogP contribution is -2.22. The normalized spacial score (nSPS) is 10.5. The molecular formula is C17H13BrN2O. The molecule has 0 fully saturated rings. The number of benzene rings is 2. The molecule has 0 saturated carbocycles. The molecule has 0 aliphatic carbocycles. The molecule has 104 valence electrons. The summed E-state index contributed by atoms with van der Waals surface area (Å²) in [5, 5.41) is 5.29. The van der Waals surface area contributed by atoms with Crippen LogP contribution < -0.4 is 5.32 Å². The lowest BCUT2D eigenvalue weighted by Gasteiger charge is -2.08. The van der Waals surface area contributed by atoms with Crippen LogP contribution >= 0.6 is 15.9 Å². The number of pyridine rings is 1. The standard InChI is InChI=1S/C17H13BrN2O/c18-16-10-13(8-9-19-16)17(21)20-11-14-6-3-5-12-4-1-2-7-15(12)14/h1-10H,11H2,(H,20,21). The smallest absolute Gasteiger partial charge is 0.251 e. The van der Waals surface area contributed by atoms with E-state index in [1.165, 1.54) is 5.39 Å². The molecule has 4 heteroatoms. The Hall–Kier alpha value is -2.20. The van der Waals surface area contributed by atoms with E-state index in [1.807, 2.05) is 24.3 Å². The van der Waals surface area contributed by atoms with E-state index in [0.717, 1.165) is 10.9 Å². The van der Waals surface area contributed by atoms with Gasteiger partial charge >= 0.3 is 0 Å². The molecule has 0 spiro atoms. The predicted molar refractivity (Wildman–Crippen MR) is 87.1 cm³/mol. The highest BCUT2D eigenvalue weighted by Gasteiger charge is 2.07. The maximum absolute atomic E-state index is 12.1. The molecule has 0 unspecified atom stereocenters. The minimum Gasteiger partial charge on any atom is -0.348 e. The molecule has 0 radical (unpaired) electrons. The van der Waals surface area contributed by atoms with Crippen LogP contribution in [0.2, 0.25) is 0 Å². The zero-order valence-corrected chi connectivity index (χ0v) is 12.8. The lowest BCUT2D eigenvalue weighted by molar-refractivity contribution is 0.0951. The molecule has 3 aromatic rings. The van der Waals surface area contributed by atoms with Gasteiger partial charge in [0.05, 0.1) is 0 Å². The minimum absolute atomic E-state index is 0.106. The van der Waals surface area contributed by atoms with Gasteiger partial charge in [0.25, 0.3) is 5.91 Å². The number of nitrogens with one attached hydrogen (secondary N) is 1. The Morgan fingerprint density at radius 1 is 1.10 bits per heavy atom. The van der Waals surface area contributed by atoms with E-state index in [4.69, 9.17) is 0 Å². The van der Waals surface area contributed by atoms with Gasteiger partial charge in [0.2, 0.25) is 0 Å². The molecule has 3 nitrogen and oxygen atoms in total. The fourth-order valence-electron chi connectivity index (χ4n) is 2.27. The topological polar surface area (TPSA) is 42.0 Å². The number of amides is 1. The molecule has 3 rings (SSSR count). The summed E-state index contributed by atoms with van der Waals surface area (Å²) < 4.78 is 0.653. The quantitative estimate of drug-likeness (QED) is 0.734. The van der Waals surface area contributed by atoms with Crippen LogP contribution in [0, 0.1) is 0 Å². The molecule has 0 aliphatic rings. The lowest BCUT2D eigenvalue weighted by atomic mass is 10.0. The second kappa shape index (κ2) is 6.06. The Morgan fingerprint density at radius 2 is 1.90 bits per heavy atom. The molecule has 21 heavy (non-hydrogen) atoms. The molecule has 1 aromatic heterocycles. The van der Waals surface area contributed by atoms with Crippen molar-refractivity contribution >= 4 is 32.6 Å². The van der Waals surface area contributed by atoms with Crippen LogP contribution in [0.4, 0.5) is 0 Å². The van der Waals surface area contributed by atoms with Gasteiger partial charge in [-0.1, -0.05) is 42.5 Å². The third kappa shape index (κ3) is 3.11. The fraction of sp³-hybridized carbons (Fsp3) is 0.0588. The van der Waals surface area contributed by atoms with Gasteiger partial charge in [0.15, 0.2) is 0 Å². The van der Waals surface area contributed by atoms with Crippen molar-refractivity contribution < 1.29 is 4.79 Å². The molecule has 2 aromatic carbocycles. The average molecular weight is 341 g/mol. The summed E-state index contributed by atoms with van der Waals surface area (Å²) in [5.74, 6) is -0.106. The zero-order valence-electron chi connectivity index (χ0n) is 11.2. The first-order chi connectivity index (χ1) is 10.2. The third-order valence-corrected chi connectivity index (χ3v) is 3.74. The predicted octanol–water partition coefficient (Wildman–Crippen LogP) is 3.93. The van der Waals surface area contributed by atoms with Crippen molar-refractivity contribution in [3.63, 3.8) is 0 Å². The number of halogens is 1. The first-order valence-corrected chi connectivity index (χ1v) is 7.40. The molecule has 1 heterocycles. The minimum atomic E-state index is -0.106. The van der Waals surface area contributed by atoms with Crippen LogP contribution in [0.5, 0.6) is 0 Å². The fourth-order valence-corrected chi connectivity index (χ4v) is 2.63. The first kappa shape index (κ1) is 13.8. The highest BCUT2D eigenvalue weighted by Crippen LogP contribution is 2.18. The van der Waals surface area contributed by atoms with Gasteiger partial charge in [-0.2, -0.15) is 0 Å². The highest BCUT2D eigenvalue weighted by molar-refractivity contribution is 9.10. The van der Waals surface area contributed by atoms with E-state index in [1.54, 1.807) is 18.3 Å². The Balaban J connectivity index is 1.79. The second-order valence-electron chi connectivity index (χ2n) is 4.69. The first-order valence-electron chi connectivity index (χ1n) is 6.60. The van der Waals surface area contributed by atoms with Crippen LogP contribution in [-0.4, -0.2) is 10.9 Å². The third-order valence-electron chi connectivity index (χ3n) is 3.31. The van der Waals surface area contributed by atoms with Gasteiger partial charge in [-0.15, -0.1) is 0 Å². The van der Waals surface area contributed by atoms with Crippen molar-refractivity contribution in [2.75, 3.05) is 0 Å².